The van der Waals surface area contributed by atoms with Gasteiger partial charge in [0.15, 0.2) is 11.5 Å². The number of nitrogens with one attached hydrogen (secondary N) is 1. The monoisotopic (exact) mass is 404 g/mol. The Balaban J connectivity index is 1.58. The zero-order valence-corrected chi connectivity index (χ0v) is 16.8. The van der Waals surface area contributed by atoms with Gasteiger partial charge in [0.25, 0.3) is 0 Å². The predicted molar refractivity (Wildman–Crippen MR) is 105 cm³/mol. The van der Waals surface area contributed by atoms with Gasteiger partial charge in [0, 0.05) is 27.1 Å². The molecule has 0 spiro atoms. The molecule has 0 radical (unpaired) electrons. The maximum absolute atomic E-state index is 12.4. The van der Waals surface area contributed by atoms with E-state index >= 15 is 0 Å². The van der Waals surface area contributed by atoms with Crippen LogP contribution in [0.4, 0.5) is 0 Å². The third-order valence-electron chi connectivity index (χ3n) is 4.45. The summed E-state index contributed by atoms with van der Waals surface area (Å²) >= 11 is 0. The van der Waals surface area contributed by atoms with E-state index in [2.05, 4.69) is 5.32 Å². The van der Waals surface area contributed by atoms with Gasteiger partial charge in [0.05, 0.1) is 4.90 Å². The van der Waals surface area contributed by atoms with Crippen LogP contribution in [0.2, 0.25) is 0 Å². The lowest BCUT2D eigenvalue weighted by Crippen LogP contribution is -2.27. The quantitative estimate of drug-likeness (QED) is 0.763. The first kappa shape index (κ1) is 20.2. The Bertz CT molecular complexity index is 957. The molecule has 0 fully saturated rings. The first-order valence-corrected chi connectivity index (χ1v) is 10.5. The van der Waals surface area contributed by atoms with Crippen molar-refractivity contribution in [3.63, 3.8) is 0 Å². The van der Waals surface area contributed by atoms with Gasteiger partial charge in [-0.05, 0) is 35.7 Å². The van der Waals surface area contributed by atoms with E-state index < -0.39 is 10.0 Å². The van der Waals surface area contributed by atoms with E-state index in [0.29, 0.717) is 37.4 Å². The Morgan fingerprint density at radius 3 is 2.54 bits per heavy atom. The van der Waals surface area contributed by atoms with Crippen LogP contribution in [0.5, 0.6) is 11.5 Å². The Kier molecular flexibility index (Phi) is 6.21. The van der Waals surface area contributed by atoms with E-state index in [1.165, 1.54) is 14.1 Å². The minimum Gasteiger partial charge on any atom is -0.486 e. The molecule has 0 saturated heterocycles. The molecule has 0 bridgehead atoms. The van der Waals surface area contributed by atoms with Crippen molar-refractivity contribution >= 4 is 15.9 Å². The fourth-order valence-corrected chi connectivity index (χ4v) is 4.00. The Morgan fingerprint density at radius 1 is 1.07 bits per heavy atom. The molecule has 28 heavy (non-hydrogen) atoms. The van der Waals surface area contributed by atoms with Gasteiger partial charge in [-0.25, -0.2) is 12.7 Å². The number of carbonyl (C=O) groups is 1. The van der Waals surface area contributed by atoms with E-state index in [1.807, 2.05) is 18.2 Å². The molecule has 1 heterocycles. The minimum atomic E-state index is -3.56. The van der Waals surface area contributed by atoms with Crippen molar-refractivity contribution in [2.24, 2.45) is 0 Å². The fraction of sp³-hybridized carbons (Fsp3) is 0.350. The highest BCUT2D eigenvalue weighted by Crippen LogP contribution is 2.31. The molecule has 150 valence electrons. The highest BCUT2D eigenvalue weighted by Gasteiger charge is 2.20. The molecular weight excluding hydrogens is 380 g/mol. The number of benzene rings is 2. The summed E-state index contributed by atoms with van der Waals surface area (Å²) in [6.07, 6.45) is 0.850. The lowest BCUT2D eigenvalue weighted by atomic mass is 10.1. The van der Waals surface area contributed by atoms with Crippen LogP contribution in [-0.2, 0) is 27.8 Å². The summed E-state index contributed by atoms with van der Waals surface area (Å²) in [6, 6.07) is 12.3. The third kappa shape index (κ3) is 4.63. The van der Waals surface area contributed by atoms with Gasteiger partial charge in [-0.3, -0.25) is 4.79 Å². The summed E-state index contributed by atoms with van der Waals surface area (Å²) < 4.78 is 37.0. The summed E-state index contributed by atoms with van der Waals surface area (Å²) in [5.74, 6) is 1.28. The van der Waals surface area contributed by atoms with Crippen molar-refractivity contribution in [2.75, 3.05) is 27.3 Å². The molecular formula is C20H24N2O5S. The number of hydrogen-bond donors (Lipinski definition) is 1. The first-order valence-electron chi connectivity index (χ1n) is 9.03. The van der Waals surface area contributed by atoms with E-state index in [4.69, 9.17) is 9.47 Å². The maximum Gasteiger partial charge on any atom is 0.242 e. The van der Waals surface area contributed by atoms with E-state index in [9.17, 15) is 13.2 Å². The predicted octanol–water partition coefficient (Wildman–Crippen LogP) is 1.96. The molecule has 7 nitrogen and oxygen atoms in total. The molecule has 1 amide bonds. The van der Waals surface area contributed by atoms with Crippen LogP contribution in [0, 0.1) is 0 Å². The van der Waals surface area contributed by atoms with Crippen molar-refractivity contribution in [3.05, 3.63) is 53.6 Å². The molecule has 3 rings (SSSR count). The van der Waals surface area contributed by atoms with Crippen molar-refractivity contribution in [1.82, 2.24) is 9.62 Å². The number of fused-ring (bicyclic) bond motifs is 1. The van der Waals surface area contributed by atoms with Crippen molar-refractivity contribution in [2.45, 2.75) is 24.3 Å². The maximum atomic E-state index is 12.4. The van der Waals surface area contributed by atoms with Crippen LogP contribution in [0.25, 0.3) is 0 Å². The van der Waals surface area contributed by atoms with Gasteiger partial charge in [-0.2, -0.15) is 0 Å². The number of carbonyl (C=O) groups excluding carboxylic acids is 1. The summed E-state index contributed by atoms with van der Waals surface area (Å²) in [4.78, 5) is 12.4. The molecule has 2 aromatic carbocycles. The van der Waals surface area contributed by atoms with Gasteiger partial charge in [-0.15, -0.1) is 0 Å². The van der Waals surface area contributed by atoms with Gasteiger partial charge < -0.3 is 14.8 Å². The molecule has 1 aliphatic rings. The average Bonchev–Trinajstić information content (AvgIpc) is 2.70. The Hall–Kier alpha value is -2.58. The molecule has 2 aromatic rings. The van der Waals surface area contributed by atoms with E-state index in [1.54, 1.807) is 24.3 Å². The number of nitrogens with zero attached hydrogens (tertiary/aromatic N) is 1. The highest BCUT2D eigenvalue weighted by atomic mass is 32.2. The lowest BCUT2D eigenvalue weighted by Gasteiger charge is -2.18. The molecule has 0 saturated carbocycles. The highest BCUT2D eigenvalue weighted by molar-refractivity contribution is 7.89. The van der Waals surface area contributed by atoms with Crippen molar-refractivity contribution in [1.29, 1.82) is 0 Å². The summed E-state index contributed by atoms with van der Waals surface area (Å²) in [7, 11) is -0.595. The van der Waals surface area contributed by atoms with Crippen LogP contribution in [-0.4, -0.2) is 45.9 Å². The van der Waals surface area contributed by atoms with Gasteiger partial charge >= 0.3 is 0 Å². The second kappa shape index (κ2) is 8.62. The lowest BCUT2D eigenvalue weighted by molar-refractivity contribution is -0.121. The number of aryl methyl sites for hydroxylation is 1. The smallest absolute Gasteiger partial charge is 0.242 e. The standard InChI is InChI=1S/C20H24N2O5S/c1-22(2)28(24,25)19-6-4-3-5-16(19)14-21-20(23)10-8-15-7-9-17-18(13-15)27-12-11-26-17/h3-7,9,13H,8,10-12,14H2,1-2H3,(H,21,23). The average molecular weight is 404 g/mol. The van der Waals surface area contributed by atoms with Crippen LogP contribution in [0.15, 0.2) is 47.4 Å². The Morgan fingerprint density at radius 2 is 1.79 bits per heavy atom. The second-order valence-electron chi connectivity index (χ2n) is 6.65. The number of hydrogen-bond acceptors (Lipinski definition) is 5. The number of rotatable bonds is 7. The molecule has 0 aromatic heterocycles. The molecule has 1 N–H and O–H groups in total. The molecule has 0 unspecified atom stereocenters. The normalized spacial score (nSPS) is 13.4. The number of ether oxygens (including phenoxy) is 2. The summed E-state index contributed by atoms with van der Waals surface area (Å²) in [5, 5.41) is 2.81. The van der Waals surface area contributed by atoms with Crippen LogP contribution < -0.4 is 14.8 Å². The number of sulfonamides is 1. The van der Waals surface area contributed by atoms with Crippen molar-refractivity contribution in [3.8, 4) is 11.5 Å². The zero-order chi connectivity index (χ0) is 20.1. The second-order valence-corrected chi connectivity index (χ2v) is 8.77. The SMILES string of the molecule is CN(C)S(=O)(=O)c1ccccc1CNC(=O)CCc1ccc2c(c1)OCCO2. The zero-order valence-electron chi connectivity index (χ0n) is 16.0. The topological polar surface area (TPSA) is 84.9 Å². The molecule has 8 heteroatoms. The van der Waals surface area contributed by atoms with Gasteiger partial charge in [0.2, 0.25) is 15.9 Å². The fourth-order valence-electron chi connectivity index (χ4n) is 2.88. The summed E-state index contributed by atoms with van der Waals surface area (Å²) in [6.45, 7) is 1.22. The van der Waals surface area contributed by atoms with Crippen LogP contribution in [0.3, 0.4) is 0 Å². The van der Waals surface area contributed by atoms with E-state index in [-0.39, 0.29) is 17.3 Å². The largest absolute Gasteiger partial charge is 0.486 e. The van der Waals surface area contributed by atoms with Crippen LogP contribution >= 0.6 is 0 Å². The summed E-state index contributed by atoms with van der Waals surface area (Å²) in [5.41, 5.74) is 1.54. The minimum absolute atomic E-state index is 0.146. The van der Waals surface area contributed by atoms with Crippen LogP contribution in [0.1, 0.15) is 17.5 Å². The number of amides is 1. The van der Waals surface area contributed by atoms with Gasteiger partial charge in [-0.1, -0.05) is 24.3 Å². The third-order valence-corrected chi connectivity index (χ3v) is 6.37. The van der Waals surface area contributed by atoms with Gasteiger partial charge in [0.1, 0.15) is 13.2 Å². The molecule has 0 atom stereocenters. The van der Waals surface area contributed by atoms with Crippen molar-refractivity contribution < 1.29 is 22.7 Å². The molecule has 0 aliphatic carbocycles. The Labute approximate surface area is 165 Å². The molecule has 1 aliphatic heterocycles. The van der Waals surface area contributed by atoms with E-state index in [0.717, 1.165) is 15.6 Å². The first-order chi connectivity index (χ1) is 13.4.